The van der Waals surface area contributed by atoms with E-state index < -0.39 is 43.3 Å². The quantitative estimate of drug-likeness (QED) is 0.217. The highest BCUT2D eigenvalue weighted by Crippen LogP contribution is 2.20. The molecule has 0 aromatic heterocycles. The zero-order chi connectivity index (χ0) is 22.9. The van der Waals surface area contributed by atoms with Gasteiger partial charge in [0.15, 0.2) is 6.29 Å². The molecular weight excluding hydrogens is 402 g/mol. The molecule has 8 nitrogen and oxygen atoms in total. The molecule has 0 radical (unpaired) electrons. The Labute approximate surface area is 187 Å². The molecule has 1 amide bonds. The average molecular weight is 448 g/mol. The molecule has 1 fully saturated rings. The Morgan fingerprint density at radius 1 is 0.806 bits per heavy atom. The van der Waals surface area contributed by atoms with Crippen LogP contribution < -0.4 is 5.32 Å². The second-order valence-electron chi connectivity index (χ2n) is 8.63. The molecule has 1 unspecified atom stereocenters. The van der Waals surface area contributed by atoms with Gasteiger partial charge in [0.2, 0.25) is 0 Å². The van der Waals surface area contributed by atoms with E-state index in [1.165, 1.54) is 70.6 Å². The summed E-state index contributed by atoms with van der Waals surface area (Å²) in [4.78, 5) is 11.9. The molecule has 0 saturated carbocycles. The highest BCUT2D eigenvalue weighted by molar-refractivity contribution is 5.67. The lowest BCUT2D eigenvalue weighted by Gasteiger charge is -2.39. The van der Waals surface area contributed by atoms with Gasteiger partial charge in [-0.05, 0) is 6.42 Å². The van der Waals surface area contributed by atoms with Crippen molar-refractivity contribution in [3.05, 3.63) is 0 Å². The van der Waals surface area contributed by atoms with Crippen LogP contribution in [0, 0.1) is 0 Å². The highest BCUT2D eigenvalue weighted by Gasteiger charge is 2.44. The summed E-state index contributed by atoms with van der Waals surface area (Å²) >= 11 is 0. The maximum atomic E-state index is 11.9. The fourth-order valence-electron chi connectivity index (χ4n) is 3.89. The Morgan fingerprint density at radius 2 is 1.29 bits per heavy atom. The summed E-state index contributed by atoms with van der Waals surface area (Å²) in [6.07, 6.45) is 11.2. The lowest BCUT2D eigenvalue weighted by atomic mass is 9.97. The van der Waals surface area contributed by atoms with Crippen LogP contribution in [0.4, 0.5) is 4.79 Å². The molecule has 0 aliphatic carbocycles. The van der Waals surface area contributed by atoms with Crippen molar-refractivity contribution in [3.8, 4) is 0 Å². The summed E-state index contributed by atoms with van der Waals surface area (Å²) in [5.41, 5.74) is 0. The molecule has 1 heterocycles. The summed E-state index contributed by atoms with van der Waals surface area (Å²) < 4.78 is 10.1. The lowest BCUT2D eigenvalue weighted by Crippen LogP contribution is -2.64. The van der Waals surface area contributed by atoms with Crippen LogP contribution in [-0.4, -0.2) is 70.4 Å². The van der Waals surface area contributed by atoms with E-state index in [0.29, 0.717) is 0 Å². The van der Waals surface area contributed by atoms with Gasteiger partial charge >= 0.3 is 6.09 Å². The third-order valence-corrected chi connectivity index (χ3v) is 5.92. The third-order valence-electron chi connectivity index (χ3n) is 5.92. The van der Waals surface area contributed by atoms with Crippen LogP contribution in [0.15, 0.2) is 0 Å². The monoisotopic (exact) mass is 447 g/mol. The van der Waals surface area contributed by atoms with Gasteiger partial charge in [-0.2, -0.15) is 0 Å². The zero-order valence-corrected chi connectivity index (χ0v) is 19.2. The van der Waals surface area contributed by atoms with Gasteiger partial charge in [-0.1, -0.05) is 90.4 Å². The first-order valence-electron chi connectivity index (χ1n) is 12.2. The standard InChI is InChI=1S/C23H45NO7/c1-2-3-4-5-6-7-8-9-10-11-12-13-14-15-16-30-23(29)24-19-21(27)20(26)18(17-25)31-22(19)28/h18-22,25-28H,2-17H2,1H3,(H,24,29)/t18-,19-,20-,21-,22?/m1/s1. The van der Waals surface area contributed by atoms with Crippen molar-refractivity contribution in [1.29, 1.82) is 0 Å². The largest absolute Gasteiger partial charge is 0.450 e. The van der Waals surface area contributed by atoms with E-state index in [1.807, 2.05) is 0 Å². The Bertz CT molecular complexity index is 452. The number of aliphatic hydroxyl groups is 4. The van der Waals surface area contributed by atoms with Gasteiger partial charge < -0.3 is 35.2 Å². The molecule has 5 atom stereocenters. The number of nitrogens with one attached hydrogen (secondary N) is 1. The Hall–Kier alpha value is -0.930. The SMILES string of the molecule is CCCCCCCCCCCCCCCCOC(=O)N[C@H]1C(O)O[C@H](CO)[C@@H](O)[C@@H]1O. The first kappa shape index (κ1) is 28.1. The van der Waals surface area contributed by atoms with Crippen molar-refractivity contribution in [2.24, 2.45) is 0 Å². The van der Waals surface area contributed by atoms with Crippen molar-refractivity contribution in [1.82, 2.24) is 5.32 Å². The fraction of sp³-hybridized carbons (Fsp3) is 0.957. The van der Waals surface area contributed by atoms with Crippen LogP contribution >= 0.6 is 0 Å². The second-order valence-corrected chi connectivity index (χ2v) is 8.63. The number of amides is 1. The van der Waals surface area contributed by atoms with E-state index in [4.69, 9.17) is 14.6 Å². The number of carbonyl (C=O) groups excluding carboxylic acids is 1. The predicted molar refractivity (Wildman–Crippen MR) is 119 cm³/mol. The number of rotatable bonds is 17. The molecule has 1 rings (SSSR count). The Balaban J connectivity index is 1.95. The molecular formula is C23H45NO7. The van der Waals surface area contributed by atoms with Crippen molar-refractivity contribution in [2.45, 2.75) is 127 Å². The fourth-order valence-corrected chi connectivity index (χ4v) is 3.89. The average Bonchev–Trinajstić information content (AvgIpc) is 2.76. The predicted octanol–water partition coefficient (Wildman–Crippen LogP) is 2.99. The summed E-state index contributed by atoms with van der Waals surface area (Å²) in [5, 5.41) is 41.0. The maximum absolute atomic E-state index is 11.9. The molecule has 0 bridgehead atoms. The number of unbranched alkanes of at least 4 members (excludes halogenated alkanes) is 13. The molecule has 1 aliphatic heterocycles. The molecule has 184 valence electrons. The third kappa shape index (κ3) is 12.0. The molecule has 0 spiro atoms. The van der Waals surface area contributed by atoms with Gasteiger partial charge in [0.25, 0.3) is 0 Å². The van der Waals surface area contributed by atoms with Crippen LogP contribution in [0.25, 0.3) is 0 Å². The van der Waals surface area contributed by atoms with Crippen molar-refractivity contribution >= 4 is 6.09 Å². The highest BCUT2D eigenvalue weighted by atomic mass is 16.6. The van der Waals surface area contributed by atoms with Gasteiger partial charge in [-0.3, -0.25) is 0 Å². The molecule has 31 heavy (non-hydrogen) atoms. The van der Waals surface area contributed by atoms with Crippen LogP contribution in [0.2, 0.25) is 0 Å². The zero-order valence-electron chi connectivity index (χ0n) is 19.2. The lowest BCUT2D eigenvalue weighted by molar-refractivity contribution is -0.253. The molecule has 0 aromatic rings. The minimum absolute atomic E-state index is 0.255. The van der Waals surface area contributed by atoms with E-state index in [-0.39, 0.29) is 6.61 Å². The summed E-state index contributed by atoms with van der Waals surface area (Å²) in [7, 11) is 0. The summed E-state index contributed by atoms with van der Waals surface area (Å²) in [6, 6.07) is -1.22. The van der Waals surface area contributed by atoms with Crippen LogP contribution in [-0.2, 0) is 9.47 Å². The normalized spacial score (nSPS) is 26.0. The van der Waals surface area contributed by atoms with Gasteiger partial charge in [-0.15, -0.1) is 0 Å². The first-order valence-corrected chi connectivity index (χ1v) is 12.2. The molecule has 1 aliphatic rings. The number of ether oxygens (including phenoxy) is 2. The molecule has 1 saturated heterocycles. The number of hydrogen-bond donors (Lipinski definition) is 5. The van der Waals surface area contributed by atoms with Gasteiger partial charge in [-0.25, -0.2) is 4.79 Å². The molecule has 8 heteroatoms. The van der Waals surface area contributed by atoms with E-state index in [0.717, 1.165) is 19.3 Å². The minimum Gasteiger partial charge on any atom is -0.450 e. The van der Waals surface area contributed by atoms with Gasteiger partial charge in [0, 0.05) is 0 Å². The molecule has 5 N–H and O–H groups in total. The topological polar surface area (TPSA) is 128 Å². The van der Waals surface area contributed by atoms with Crippen LogP contribution in [0.3, 0.4) is 0 Å². The van der Waals surface area contributed by atoms with E-state index in [2.05, 4.69) is 12.2 Å². The first-order chi connectivity index (χ1) is 15.0. The maximum Gasteiger partial charge on any atom is 0.407 e. The minimum atomic E-state index is -1.54. The van der Waals surface area contributed by atoms with Crippen molar-refractivity contribution in [2.75, 3.05) is 13.2 Å². The summed E-state index contributed by atoms with van der Waals surface area (Å²) in [6.45, 7) is 1.95. The Kier molecular flexibility index (Phi) is 16.0. The Morgan fingerprint density at radius 3 is 1.77 bits per heavy atom. The van der Waals surface area contributed by atoms with E-state index in [9.17, 15) is 20.1 Å². The van der Waals surface area contributed by atoms with Crippen molar-refractivity contribution < 1.29 is 34.7 Å². The van der Waals surface area contributed by atoms with Gasteiger partial charge in [0.05, 0.1) is 13.2 Å². The number of carbonyl (C=O) groups is 1. The smallest absolute Gasteiger partial charge is 0.407 e. The van der Waals surface area contributed by atoms with Gasteiger partial charge in [0.1, 0.15) is 24.4 Å². The van der Waals surface area contributed by atoms with Crippen LogP contribution in [0.1, 0.15) is 96.8 Å². The van der Waals surface area contributed by atoms with E-state index in [1.54, 1.807) is 0 Å². The van der Waals surface area contributed by atoms with E-state index >= 15 is 0 Å². The number of aliphatic hydroxyl groups excluding tert-OH is 4. The second kappa shape index (κ2) is 17.6. The molecule has 0 aromatic carbocycles. The number of alkyl carbamates (subject to hydrolysis) is 1. The van der Waals surface area contributed by atoms with Crippen molar-refractivity contribution in [3.63, 3.8) is 0 Å². The number of hydrogen-bond acceptors (Lipinski definition) is 7. The summed E-state index contributed by atoms with van der Waals surface area (Å²) in [5.74, 6) is 0. The van der Waals surface area contributed by atoms with Crippen LogP contribution in [0.5, 0.6) is 0 Å².